The van der Waals surface area contributed by atoms with Crippen molar-refractivity contribution in [3.8, 4) is 0 Å². The maximum absolute atomic E-state index is 12.5. The number of hydrogen-bond acceptors (Lipinski definition) is 4. The summed E-state index contributed by atoms with van der Waals surface area (Å²) >= 11 is 0. The summed E-state index contributed by atoms with van der Waals surface area (Å²) in [4.78, 5) is 0. The molecule has 1 saturated carbocycles. The molecule has 0 unspecified atom stereocenters. The fourth-order valence-corrected chi connectivity index (χ4v) is 4.22. The Morgan fingerprint density at radius 2 is 1.74 bits per heavy atom. The maximum atomic E-state index is 12.5. The van der Waals surface area contributed by atoms with Gasteiger partial charge >= 0.3 is 7.82 Å². The van der Waals surface area contributed by atoms with Crippen LogP contribution in [0.15, 0.2) is 0 Å². The molecule has 0 amide bonds. The average molecular weight is 292 g/mol. The van der Waals surface area contributed by atoms with Crippen LogP contribution >= 0.6 is 7.82 Å². The van der Waals surface area contributed by atoms with Gasteiger partial charge in [-0.3, -0.25) is 13.6 Å². The Morgan fingerprint density at radius 3 is 2.21 bits per heavy atom. The molecular formula is C14H29O4P. The van der Waals surface area contributed by atoms with E-state index in [2.05, 4.69) is 20.8 Å². The Hall–Kier alpha value is 0.110. The molecule has 0 aliphatic heterocycles. The molecule has 1 rings (SSSR count). The number of rotatable bonds is 7. The van der Waals surface area contributed by atoms with E-state index in [-0.39, 0.29) is 6.10 Å². The van der Waals surface area contributed by atoms with Gasteiger partial charge in [0.15, 0.2) is 0 Å². The molecule has 0 aromatic heterocycles. The van der Waals surface area contributed by atoms with Gasteiger partial charge in [0.05, 0.1) is 19.3 Å². The largest absolute Gasteiger partial charge is 0.475 e. The zero-order valence-electron chi connectivity index (χ0n) is 12.9. The van der Waals surface area contributed by atoms with E-state index in [0.29, 0.717) is 31.0 Å². The summed E-state index contributed by atoms with van der Waals surface area (Å²) in [6.07, 6.45) is 3.26. The van der Waals surface area contributed by atoms with E-state index in [1.54, 1.807) is 13.8 Å². The first-order chi connectivity index (χ1) is 8.91. The first-order valence-electron chi connectivity index (χ1n) is 7.49. The monoisotopic (exact) mass is 292 g/mol. The fourth-order valence-electron chi connectivity index (χ4n) is 2.82. The Labute approximate surface area is 117 Å². The van der Waals surface area contributed by atoms with Crippen LogP contribution in [-0.2, 0) is 18.1 Å². The van der Waals surface area contributed by atoms with Crippen LogP contribution in [0.2, 0.25) is 0 Å². The first-order valence-corrected chi connectivity index (χ1v) is 8.95. The third-order valence-corrected chi connectivity index (χ3v) is 5.48. The van der Waals surface area contributed by atoms with Crippen LogP contribution in [0.1, 0.15) is 53.9 Å². The molecule has 0 radical (unpaired) electrons. The van der Waals surface area contributed by atoms with Crippen molar-refractivity contribution in [1.29, 1.82) is 0 Å². The summed E-state index contributed by atoms with van der Waals surface area (Å²) < 4.78 is 28.8. The second-order valence-corrected chi connectivity index (χ2v) is 7.37. The highest BCUT2D eigenvalue weighted by atomic mass is 31.2. The topological polar surface area (TPSA) is 44.8 Å². The van der Waals surface area contributed by atoms with E-state index in [4.69, 9.17) is 13.6 Å². The van der Waals surface area contributed by atoms with Gasteiger partial charge in [0.2, 0.25) is 0 Å². The van der Waals surface area contributed by atoms with Crippen LogP contribution in [0.5, 0.6) is 0 Å². The van der Waals surface area contributed by atoms with Crippen molar-refractivity contribution in [3.63, 3.8) is 0 Å². The van der Waals surface area contributed by atoms with Crippen molar-refractivity contribution in [2.75, 3.05) is 13.2 Å². The molecule has 0 heterocycles. The summed E-state index contributed by atoms with van der Waals surface area (Å²) in [7, 11) is -3.39. The molecule has 0 aromatic carbocycles. The minimum atomic E-state index is -3.39. The predicted molar refractivity (Wildman–Crippen MR) is 77.1 cm³/mol. The smallest absolute Gasteiger partial charge is 0.287 e. The van der Waals surface area contributed by atoms with Gasteiger partial charge in [-0.2, -0.15) is 0 Å². The lowest BCUT2D eigenvalue weighted by atomic mass is 9.75. The lowest BCUT2D eigenvalue weighted by Gasteiger charge is -2.38. The van der Waals surface area contributed by atoms with Crippen LogP contribution in [-0.4, -0.2) is 19.3 Å². The zero-order valence-corrected chi connectivity index (χ0v) is 13.8. The van der Waals surface area contributed by atoms with Crippen LogP contribution < -0.4 is 0 Å². The van der Waals surface area contributed by atoms with Crippen molar-refractivity contribution in [3.05, 3.63) is 0 Å². The van der Waals surface area contributed by atoms with Gasteiger partial charge in [-0.25, -0.2) is 4.57 Å². The second kappa shape index (κ2) is 7.78. The quantitative estimate of drug-likeness (QED) is 0.641. The zero-order chi connectivity index (χ0) is 14.5. The van der Waals surface area contributed by atoms with Crippen LogP contribution in [0.3, 0.4) is 0 Å². The molecule has 5 heteroatoms. The predicted octanol–water partition coefficient (Wildman–Crippen LogP) is 4.64. The molecular weight excluding hydrogens is 263 g/mol. The minimum Gasteiger partial charge on any atom is -0.287 e. The number of phosphoric ester groups is 1. The average Bonchev–Trinajstić information content (AvgIpc) is 2.28. The minimum absolute atomic E-state index is 0.0207. The van der Waals surface area contributed by atoms with Gasteiger partial charge < -0.3 is 0 Å². The molecule has 1 fully saturated rings. The molecule has 19 heavy (non-hydrogen) atoms. The SMILES string of the molecule is CCOP(=O)(OCC)O[C@@H]1C[C@H](C)CC[C@H]1C(C)C. The third kappa shape index (κ3) is 5.18. The van der Waals surface area contributed by atoms with Crippen molar-refractivity contribution in [1.82, 2.24) is 0 Å². The Morgan fingerprint density at radius 1 is 1.16 bits per heavy atom. The van der Waals surface area contributed by atoms with E-state index < -0.39 is 7.82 Å². The highest BCUT2D eigenvalue weighted by Crippen LogP contribution is 2.53. The van der Waals surface area contributed by atoms with Gasteiger partial charge in [-0.05, 0) is 44.4 Å². The molecule has 4 nitrogen and oxygen atoms in total. The van der Waals surface area contributed by atoms with Gasteiger partial charge in [-0.1, -0.05) is 27.2 Å². The summed E-state index contributed by atoms with van der Waals surface area (Å²) in [6.45, 7) is 10.9. The van der Waals surface area contributed by atoms with Crippen LogP contribution in [0, 0.1) is 17.8 Å². The molecule has 3 atom stereocenters. The van der Waals surface area contributed by atoms with E-state index in [1.165, 1.54) is 6.42 Å². The van der Waals surface area contributed by atoms with Crippen molar-refractivity contribution in [2.45, 2.75) is 60.0 Å². The Balaban J connectivity index is 2.75. The lowest BCUT2D eigenvalue weighted by molar-refractivity contribution is 0.00666. The summed E-state index contributed by atoms with van der Waals surface area (Å²) in [5, 5.41) is 0. The first kappa shape index (κ1) is 17.2. The molecule has 0 bridgehead atoms. The molecule has 1 aliphatic carbocycles. The molecule has 0 N–H and O–H groups in total. The fraction of sp³-hybridized carbons (Fsp3) is 1.00. The summed E-state index contributed by atoms with van der Waals surface area (Å²) in [5.41, 5.74) is 0. The molecule has 0 saturated heterocycles. The van der Waals surface area contributed by atoms with Crippen molar-refractivity contribution < 1.29 is 18.1 Å². The van der Waals surface area contributed by atoms with E-state index in [9.17, 15) is 4.57 Å². The van der Waals surface area contributed by atoms with Crippen LogP contribution in [0.25, 0.3) is 0 Å². The van der Waals surface area contributed by atoms with Gasteiger partial charge in [0.1, 0.15) is 0 Å². The second-order valence-electron chi connectivity index (χ2n) is 5.75. The van der Waals surface area contributed by atoms with E-state index in [1.807, 2.05) is 0 Å². The van der Waals surface area contributed by atoms with Gasteiger partial charge in [-0.15, -0.1) is 0 Å². The third-order valence-electron chi connectivity index (χ3n) is 3.80. The normalized spacial score (nSPS) is 28.8. The number of phosphoric acid groups is 1. The van der Waals surface area contributed by atoms with Crippen LogP contribution in [0.4, 0.5) is 0 Å². The highest BCUT2D eigenvalue weighted by Gasteiger charge is 2.38. The van der Waals surface area contributed by atoms with Gasteiger partial charge in [0, 0.05) is 0 Å². The van der Waals surface area contributed by atoms with Crippen molar-refractivity contribution in [2.24, 2.45) is 17.8 Å². The molecule has 1 aliphatic rings. The molecule has 114 valence electrons. The lowest BCUT2D eigenvalue weighted by Crippen LogP contribution is -2.34. The van der Waals surface area contributed by atoms with Gasteiger partial charge in [0.25, 0.3) is 0 Å². The Kier molecular flexibility index (Phi) is 7.02. The molecule has 0 spiro atoms. The van der Waals surface area contributed by atoms with E-state index >= 15 is 0 Å². The highest BCUT2D eigenvalue weighted by molar-refractivity contribution is 7.48. The maximum Gasteiger partial charge on any atom is 0.475 e. The molecule has 0 aromatic rings. The Bertz CT molecular complexity index is 296. The van der Waals surface area contributed by atoms with Crippen molar-refractivity contribution >= 4 is 7.82 Å². The standard InChI is InChI=1S/C14H29O4P/c1-6-16-19(15,17-7-2)18-14-10-12(5)8-9-13(14)11(3)4/h11-14H,6-10H2,1-5H3/t12-,13+,14-/m1/s1. The summed E-state index contributed by atoms with van der Waals surface area (Å²) in [5.74, 6) is 1.57. The number of hydrogen-bond donors (Lipinski definition) is 0. The summed E-state index contributed by atoms with van der Waals surface area (Å²) in [6, 6.07) is 0. The van der Waals surface area contributed by atoms with E-state index in [0.717, 1.165) is 12.8 Å².